The fourth-order valence-electron chi connectivity index (χ4n) is 2.62. The average Bonchev–Trinajstić information content (AvgIpc) is 3.18. The van der Waals surface area contributed by atoms with Crippen molar-refractivity contribution >= 4 is 22.1 Å². The quantitative estimate of drug-likeness (QED) is 0.464. The summed E-state index contributed by atoms with van der Waals surface area (Å²) in [6.07, 6.45) is 5.01. The van der Waals surface area contributed by atoms with Gasteiger partial charge in [0.2, 0.25) is 0 Å². The van der Waals surface area contributed by atoms with Crippen LogP contribution >= 0.6 is 0 Å². The maximum absolute atomic E-state index is 11.3. The third-order valence-corrected chi connectivity index (χ3v) is 3.77. The molecule has 112 valence electrons. The minimum atomic E-state index is -0.211. The van der Waals surface area contributed by atoms with E-state index in [0.717, 1.165) is 58.7 Å². The molecule has 3 aromatic heterocycles. The molecule has 4 aromatic rings. The van der Waals surface area contributed by atoms with Crippen LogP contribution in [0.3, 0.4) is 0 Å². The Hall–Kier alpha value is -2.83. The topological polar surface area (TPSA) is 106 Å². The van der Waals surface area contributed by atoms with Crippen LogP contribution in [0.15, 0.2) is 23.1 Å². The fourth-order valence-corrected chi connectivity index (χ4v) is 2.62. The maximum atomic E-state index is 11.3. The van der Waals surface area contributed by atoms with Crippen LogP contribution in [0.2, 0.25) is 0 Å². The van der Waals surface area contributed by atoms with Crippen LogP contribution in [0.4, 0.5) is 0 Å². The smallest absolute Gasteiger partial charge is 0.323 e. The Kier molecular flexibility index (Phi) is 2.85. The number of H-pyrrole nitrogens is 4. The molecule has 1 aromatic carbocycles. The monoisotopic (exact) mass is 296 g/mol. The Balaban J connectivity index is 1.75. The Bertz CT molecular complexity index is 948. The lowest BCUT2D eigenvalue weighted by Gasteiger charge is -1.93. The van der Waals surface area contributed by atoms with Crippen molar-refractivity contribution in [3.8, 4) is 11.5 Å². The first-order valence-electron chi connectivity index (χ1n) is 7.39. The van der Waals surface area contributed by atoms with Crippen molar-refractivity contribution in [2.45, 2.75) is 26.2 Å². The summed E-state index contributed by atoms with van der Waals surface area (Å²) in [4.78, 5) is 32.3. The zero-order valence-electron chi connectivity index (χ0n) is 12.2. The van der Waals surface area contributed by atoms with Crippen LogP contribution in [-0.4, -0.2) is 29.9 Å². The number of aromatic amines is 4. The van der Waals surface area contributed by atoms with Crippen molar-refractivity contribution in [2.75, 3.05) is 0 Å². The minimum absolute atomic E-state index is 0.211. The van der Waals surface area contributed by atoms with Gasteiger partial charge in [-0.1, -0.05) is 13.3 Å². The number of unbranched alkanes of at least 4 members (excludes halogenated alkanes) is 1. The number of benzene rings is 1. The molecule has 0 saturated carbocycles. The van der Waals surface area contributed by atoms with Crippen molar-refractivity contribution in [3.63, 3.8) is 0 Å². The van der Waals surface area contributed by atoms with Gasteiger partial charge in [0.1, 0.15) is 11.5 Å². The molecule has 0 aliphatic heterocycles. The van der Waals surface area contributed by atoms with Gasteiger partial charge in [-0.25, -0.2) is 14.8 Å². The first-order chi connectivity index (χ1) is 10.7. The van der Waals surface area contributed by atoms with E-state index >= 15 is 0 Å². The summed E-state index contributed by atoms with van der Waals surface area (Å²) >= 11 is 0. The zero-order valence-corrected chi connectivity index (χ0v) is 12.2. The molecule has 0 unspecified atom stereocenters. The molecule has 3 heterocycles. The summed E-state index contributed by atoms with van der Waals surface area (Å²) in [5, 5.41) is 0. The molecule has 0 atom stereocenters. The van der Waals surface area contributed by atoms with E-state index in [9.17, 15) is 4.79 Å². The van der Waals surface area contributed by atoms with Gasteiger partial charge in [-0.2, -0.15) is 0 Å². The second-order valence-electron chi connectivity index (χ2n) is 5.43. The van der Waals surface area contributed by atoms with E-state index in [4.69, 9.17) is 0 Å². The number of imidazole rings is 3. The van der Waals surface area contributed by atoms with Crippen molar-refractivity contribution in [3.05, 3.63) is 34.6 Å². The van der Waals surface area contributed by atoms with Gasteiger partial charge < -0.3 is 19.9 Å². The average molecular weight is 296 g/mol. The predicted octanol–water partition coefficient (Wildman–Crippen LogP) is 2.47. The van der Waals surface area contributed by atoms with Crippen LogP contribution in [-0.2, 0) is 6.42 Å². The van der Waals surface area contributed by atoms with Gasteiger partial charge in [-0.3, -0.25) is 0 Å². The Labute approximate surface area is 125 Å². The molecule has 0 aliphatic rings. The van der Waals surface area contributed by atoms with Crippen molar-refractivity contribution in [1.82, 2.24) is 29.9 Å². The fraction of sp³-hybridized carbons (Fsp3) is 0.267. The molecule has 0 fully saturated rings. The summed E-state index contributed by atoms with van der Waals surface area (Å²) in [6, 6.07) is 3.74. The lowest BCUT2D eigenvalue weighted by molar-refractivity contribution is 0.762. The van der Waals surface area contributed by atoms with E-state index in [0.29, 0.717) is 0 Å². The number of rotatable bonds is 4. The number of nitrogens with one attached hydrogen (secondary N) is 4. The molecule has 0 saturated heterocycles. The van der Waals surface area contributed by atoms with Gasteiger partial charge in [0.25, 0.3) is 0 Å². The number of aryl methyl sites for hydroxylation is 1. The van der Waals surface area contributed by atoms with Gasteiger partial charge in [0.15, 0.2) is 5.82 Å². The van der Waals surface area contributed by atoms with E-state index in [2.05, 4.69) is 36.8 Å². The highest BCUT2D eigenvalue weighted by Gasteiger charge is 2.10. The van der Waals surface area contributed by atoms with Gasteiger partial charge in [0.05, 0.1) is 28.3 Å². The first-order valence-corrected chi connectivity index (χ1v) is 7.39. The lowest BCUT2D eigenvalue weighted by Crippen LogP contribution is -1.99. The second-order valence-corrected chi connectivity index (χ2v) is 5.43. The molecule has 0 spiro atoms. The highest BCUT2D eigenvalue weighted by atomic mass is 16.1. The molecule has 0 amide bonds. The molecule has 4 N–H and O–H groups in total. The Morgan fingerprint density at radius 3 is 2.68 bits per heavy atom. The van der Waals surface area contributed by atoms with Crippen molar-refractivity contribution in [1.29, 1.82) is 0 Å². The molecule has 22 heavy (non-hydrogen) atoms. The second kappa shape index (κ2) is 4.87. The number of fused-ring (bicyclic) bond motifs is 2. The van der Waals surface area contributed by atoms with Crippen molar-refractivity contribution < 1.29 is 0 Å². The maximum Gasteiger partial charge on any atom is 0.323 e. The molecule has 0 aliphatic carbocycles. The minimum Gasteiger partial charge on any atom is -0.339 e. The normalized spacial score (nSPS) is 11.7. The summed E-state index contributed by atoms with van der Waals surface area (Å²) in [5.74, 6) is 1.73. The number of aromatic nitrogens is 6. The summed E-state index contributed by atoms with van der Waals surface area (Å²) in [5.41, 5.74) is 3.87. The molecule has 0 bridgehead atoms. The highest BCUT2D eigenvalue weighted by molar-refractivity contribution is 5.92. The SMILES string of the molecule is CCCCc1ncc(-c2nc3cc4[nH]c(=O)[nH]c4cc3[nH]2)[nH]1. The van der Waals surface area contributed by atoms with Crippen LogP contribution in [0.1, 0.15) is 25.6 Å². The van der Waals surface area contributed by atoms with Gasteiger partial charge in [-0.15, -0.1) is 0 Å². The summed E-state index contributed by atoms with van der Waals surface area (Å²) in [7, 11) is 0. The van der Waals surface area contributed by atoms with E-state index in [1.165, 1.54) is 0 Å². The van der Waals surface area contributed by atoms with Crippen LogP contribution in [0.25, 0.3) is 33.6 Å². The van der Waals surface area contributed by atoms with E-state index in [1.807, 2.05) is 12.1 Å². The molecule has 0 radical (unpaired) electrons. The summed E-state index contributed by atoms with van der Waals surface area (Å²) in [6.45, 7) is 2.16. The third kappa shape index (κ3) is 2.11. The van der Waals surface area contributed by atoms with Crippen LogP contribution in [0, 0.1) is 0 Å². The highest BCUT2D eigenvalue weighted by Crippen LogP contribution is 2.22. The Morgan fingerprint density at radius 1 is 1.05 bits per heavy atom. The van der Waals surface area contributed by atoms with Gasteiger partial charge >= 0.3 is 5.69 Å². The van der Waals surface area contributed by atoms with Crippen LogP contribution < -0.4 is 5.69 Å². The lowest BCUT2D eigenvalue weighted by atomic mass is 10.2. The van der Waals surface area contributed by atoms with E-state index in [-0.39, 0.29) is 5.69 Å². The molecule has 7 heteroatoms. The van der Waals surface area contributed by atoms with Crippen molar-refractivity contribution in [2.24, 2.45) is 0 Å². The molecule has 7 nitrogen and oxygen atoms in total. The number of hydrogen-bond acceptors (Lipinski definition) is 3. The van der Waals surface area contributed by atoms with Gasteiger partial charge in [0, 0.05) is 6.42 Å². The van der Waals surface area contributed by atoms with E-state index < -0.39 is 0 Å². The standard InChI is InChI=1S/C15H16N6O/c1-2-3-4-13-16-7-12(17-13)14-18-8-5-10-11(6-9(8)19-14)21-15(22)20-10/h5-7H,2-4H2,1H3,(H,16,17)(H,18,19)(H2,20,21,22). The number of hydrogen-bond donors (Lipinski definition) is 4. The third-order valence-electron chi connectivity index (χ3n) is 3.77. The summed E-state index contributed by atoms with van der Waals surface area (Å²) < 4.78 is 0. The molecule has 4 rings (SSSR count). The first kappa shape index (κ1) is 12.9. The molecular formula is C15H16N6O. The van der Waals surface area contributed by atoms with Crippen LogP contribution in [0.5, 0.6) is 0 Å². The molecular weight excluding hydrogens is 280 g/mol. The zero-order chi connectivity index (χ0) is 15.1. The largest absolute Gasteiger partial charge is 0.339 e. The Morgan fingerprint density at radius 2 is 1.86 bits per heavy atom. The van der Waals surface area contributed by atoms with E-state index in [1.54, 1.807) is 6.20 Å². The van der Waals surface area contributed by atoms with Gasteiger partial charge in [-0.05, 0) is 18.6 Å². The predicted molar refractivity (Wildman–Crippen MR) is 84.8 cm³/mol. The number of nitrogens with zero attached hydrogens (tertiary/aromatic N) is 2.